The number of para-hydroxylation sites is 1. The Bertz CT molecular complexity index is 890. The molecule has 2 heterocycles. The van der Waals surface area contributed by atoms with E-state index in [1.807, 2.05) is 43.3 Å². The zero-order valence-corrected chi connectivity index (χ0v) is 17.2. The number of amides is 2. The molecular formula is C22H24N2O4S. The Morgan fingerprint density at radius 1 is 1.10 bits per heavy atom. The molecule has 2 aliphatic rings. The minimum atomic E-state index is -0.454. The fraction of sp³-hybridized carbons (Fsp3) is 0.364. The van der Waals surface area contributed by atoms with Gasteiger partial charge in [-0.2, -0.15) is 0 Å². The van der Waals surface area contributed by atoms with Crippen LogP contribution < -0.4 is 9.47 Å². The molecule has 0 radical (unpaired) electrons. The van der Waals surface area contributed by atoms with Gasteiger partial charge in [0.2, 0.25) is 5.91 Å². The Labute approximate surface area is 174 Å². The van der Waals surface area contributed by atoms with Gasteiger partial charge in [0, 0.05) is 30.0 Å². The average Bonchev–Trinajstić information content (AvgIpc) is 3.27. The van der Waals surface area contributed by atoms with Crippen LogP contribution in [0.1, 0.15) is 22.8 Å². The van der Waals surface area contributed by atoms with E-state index in [0.29, 0.717) is 49.2 Å². The average molecular weight is 413 g/mol. The van der Waals surface area contributed by atoms with Crippen LogP contribution in [0.3, 0.4) is 0 Å². The van der Waals surface area contributed by atoms with Crippen LogP contribution in [0.4, 0.5) is 0 Å². The third-order valence-electron chi connectivity index (χ3n) is 5.15. The van der Waals surface area contributed by atoms with Crippen LogP contribution >= 0.6 is 11.8 Å². The number of benzene rings is 2. The minimum absolute atomic E-state index is 0.0314. The van der Waals surface area contributed by atoms with E-state index < -0.39 is 6.04 Å². The van der Waals surface area contributed by atoms with Crippen molar-refractivity contribution in [3.8, 4) is 11.5 Å². The lowest BCUT2D eigenvalue weighted by molar-refractivity contribution is -0.135. The highest BCUT2D eigenvalue weighted by Gasteiger charge is 2.37. The van der Waals surface area contributed by atoms with Crippen LogP contribution in [0.5, 0.6) is 11.5 Å². The van der Waals surface area contributed by atoms with Gasteiger partial charge in [-0.1, -0.05) is 30.3 Å². The van der Waals surface area contributed by atoms with E-state index in [2.05, 4.69) is 0 Å². The van der Waals surface area contributed by atoms with E-state index in [0.717, 1.165) is 11.3 Å². The summed E-state index contributed by atoms with van der Waals surface area (Å²) in [5, 5.41) is 0. The molecule has 1 fully saturated rings. The summed E-state index contributed by atoms with van der Waals surface area (Å²) < 4.78 is 11.4. The molecule has 2 aromatic rings. The summed E-state index contributed by atoms with van der Waals surface area (Å²) in [4.78, 5) is 29.7. The van der Waals surface area contributed by atoms with Crippen LogP contribution in [0.2, 0.25) is 0 Å². The molecule has 0 N–H and O–H groups in total. The molecule has 1 saturated heterocycles. The number of thioether (sulfide) groups is 1. The Hall–Kier alpha value is -2.67. The second-order valence-electron chi connectivity index (χ2n) is 6.95. The number of likely N-dealkylation sites (N-methyl/N-ethyl adjacent to an activating group) is 1. The third-order valence-corrected chi connectivity index (χ3v) is 6.16. The normalized spacial score (nSPS) is 17.8. The number of rotatable bonds is 5. The van der Waals surface area contributed by atoms with E-state index in [1.54, 1.807) is 33.7 Å². The number of carbonyl (C=O) groups is 2. The monoisotopic (exact) mass is 412 g/mol. The van der Waals surface area contributed by atoms with Gasteiger partial charge >= 0.3 is 0 Å². The highest BCUT2D eigenvalue weighted by molar-refractivity contribution is 7.99. The molecular weight excluding hydrogens is 388 g/mol. The molecule has 0 spiro atoms. The highest BCUT2D eigenvalue weighted by atomic mass is 32.2. The molecule has 6 nitrogen and oxygen atoms in total. The smallest absolute Gasteiger partial charge is 0.255 e. The first-order valence-electron chi connectivity index (χ1n) is 9.79. The predicted octanol–water partition coefficient (Wildman–Crippen LogP) is 3.02. The van der Waals surface area contributed by atoms with E-state index >= 15 is 0 Å². The maximum absolute atomic E-state index is 13.3. The number of fused-ring (bicyclic) bond motifs is 1. The summed E-state index contributed by atoms with van der Waals surface area (Å²) in [5.74, 6) is 2.44. The number of ether oxygens (including phenoxy) is 2. The Morgan fingerprint density at radius 2 is 1.90 bits per heavy atom. The van der Waals surface area contributed by atoms with Crippen LogP contribution in [0.15, 0.2) is 48.5 Å². The Balaban J connectivity index is 1.52. The number of carbonyl (C=O) groups excluding carboxylic acids is 2. The molecule has 4 rings (SSSR count). The van der Waals surface area contributed by atoms with Gasteiger partial charge in [0.25, 0.3) is 5.91 Å². The van der Waals surface area contributed by atoms with E-state index in [1.165, 1.54) is 0 Å². The summed E-state index contributed by atoms with van der Waals surface area (Å²) in [6.45, 7) is 3.97. The molecule has 152 valence electrons. The molecule has 0 aromatic heterocycles. The quantitative estimate of drug-likeness (QED) is 0.756. The van der Waals surface area contributed by atoms with Crippen molar-refractivity contribution in [3.05, 3.63) is 59.7 Å². The molecule has 2 aromatic carbocycles. The molecule has 0 saturated carbocycles. The number of hydrogen-bond acceptors (Lipinski definition) is 5. The lowest BCUT2D eigenvalue weighted by Crippen LogP contribution is -2.48. The van der Waals surface area contributed by atoms with Crippen molar-refractivity contribution in [2.24, 2.45) is 0 Å². The third kappa shape index (κ3) is 4.05. The SMILES string of the molecule is CCN(Cc1cccc2c1OCCO2)C(=O)C1CSCN1C(=O)c1ccccc1. The van der Waals surface area contributed by atoms with Gasteiger partial charge in [-0.05, 0) is 25.1 Å². The van der Waals surface area contributed by atoms with Crippen molar-refractivity contribution in [1.82, 2.24) is 9.80 Å². The Kier molecular flexibility index (Phi) is 5.94. The van der Waals surface area contributed by atoms with Gasteiger partial charge in [-0.3, -0.25) is 9.59 Å². The molecule has 2 aliphatic heterocycles. The molecule has 0 aliphatic carbocycles. The number of hydrogen-bond donors (Lipinski definition) is 0. The van der Waals surface area contributed by atoms with Gasteiger partial charge in [0.15, 0.2) is 11.5 Å². The minimum Gasteiger partial charge on any atom is -0.486 e. The molecule has 1 unspecified atom stereocenters. The predicted molar refractivity (Wildman–Crippen MR) is 112 cm³/mol. The zero-order valence-electron chi connectivity index (χ0n) is 16.4. The van der Waals surface area contributed by atoms with Gasteiger partial charge in [0.05, 0.1) is 5.88 Å². The highest BCUT2D eigenvalue weighted by Crippen LogP contribution is 2.34. The van der Waals surface area contributed by atoms with Crippen molar-refractivity contribution < 1.29 is 19.1 Å². The van der Waals surface area contributed by atoms with Crippen molar-refractivity contribution >= 4 is 23.6 Å². The van der Waals surface area contributed by atoms with Crippen molar-refractivity contribution in [2.75, 3.05) is 31.4 Å². The molecule has 2 amide bonds. The summed E-state index contributed by atoms with van der Waals surface area (Å²) in [7, 11) is 0. The molecule has 29 heavy (non-hydrogen) atoms. The van der Waals surface area contributed by atoms with Crippen molar-refractivity contribution in [3.63, 3.8) is 0 Å². The first-order valence-corrected chi connectivity index (χ1v) is 10.9. The van der Waals surface area contributed by atoms with Crippen LogP contribution in [-0.4, -0.2) is 59.0 Å². The second-order valence-corrected chi connectivity index (χ2v) is 7.95. The lowest BCUT2D eigenvalue weighted by atomic mass is 10.1. The van der Waals surface area contributed by atoms with Gasteiger partial charge in [0.1, 0.15) is 19.3 Å². The van der Waals surface area contributed by atoms with Gasteiger partial charge in [-0.15, -0.1) is 11.8 Å². The van der Waals surface area contributed by atoms with E-state index in [9.17, 15) is 9.59 Å². The zero-order chi connectivity index (χ0) is 20.2. The summed E-state index contributed by atoms with van der Waals surface area (Å²) >= 11 is 1.61. The molecule has 1 atom stereocenters. The van der Waals surface area contributed by atoms with E-state index in [-0.39, 0.29) is 11.8 Å². The van der Waals surface area contributed by atoms with Gasteiger partial charge in [-0.25, -0.2) is 0 Å². The first-order chi connectivity index (χ1) is 14.2. The fourth-order valence-corrected chi connectivity index (χ4v) is 4.76. The van der Waals surface area contributed by atoms with Crippen LogP contribution in [0.25, 0.3) is 0 Å². The topological polar surface area (TPSA) is 59.1 Å². The standard InChI is InChI=1S/C22H24N2O4S/c1-2-23(13-17-9-6-10-19-20(17)28-12-11-27-19)22(26)18-14-29-15-24(18)21(25)16-7-4-3-5-8-16/h3-10,18H,2,11-15H2,1H3. The maximum atomic E-state index is 13.3. The summed E-state index contributed by atoms with van der Waals surface area (Å²) in [5.41, 5.74) is 1.53. The van der Waals surface area contributed by atoms with E-state index in [4.69, 9.17) is 9.47 Å². The summed E-state index contributed by atoms with van der Waals surface area (Å²) in [6, 6.07) is 14.4. The van der Waals surface area contributed by atoms with Crippen LogP contribution in [0, 0.1) is 0 Å². The largest absolute Gasteiger partial charge is 0.486 e. The fourth-order valence-electron chi connectivity index (χ4n) is 3.61. The molecule has 7 heteroatoms. The number of nitrogens with zero attached hydrogens (tertiary/aromatic N) is 2. The van der Waals surface area contributed by atoms with Crippen molar-refractivity contribution in [1.29, 1.82) is 0 Å². The van der Waals surface area contributed by atoms with Crippen LogP contribution in [-0.2, 0) is 11.3 Å². The Morgan fingerprint density at radius 3 is 2.69 bits per heavy atom. The second kappa shape index (κ2) is 8.78. The first kappa shape index (κ1) is 19.6. The summed E-state index contributed by atoms with van der Waals surface area (Å²) in [6.07, 6.45) is 0. The lowest BCUT2D eigenvalue weighted by Gasteiger charge is -2.30. The van der Waals surface area contributed by atoms with Crippen molar-refractivity contribution in [2.45, 2.75) is 19.5 Å². The molecule has 0 bridgehead atoms. The maximum Gasteiger partial charge on any atom is 0.255 e. The van der Waals surface area contributed by atoms with Gasteiger partial charge < -0.3 is 19.3 Å².